The number of aryl methyl sites for hydroxylation is 1. The van der Waals surface area contributed by atoms with Gasteiger partial charge in [-0.05, 0) is 38.8 Å². The van der Waals surface area contributed by atoms with Gasteiger partial charge in [0.15, 0.2) is 0 Å². The summed E-state index contributed by atoms with van der Waals surface area (Å²) in [7, 11) is 1.84. The summed E-state index contributed by atoms with van der Waals surface area (Å²) in [4.78, 5) is 37.5. The maximum absolute atomic E-state index is 12.6. The molecule has 2 N–H and O–H groups in total. The second-order valence-corrected chi connectivity index (χ2v) is 7.41. The molecule has 0 aromatic carbocycles. The third kappa shape index (κ3) is 4.32. The molecule has 2 amide bonds. The lowest BCUT2D eigenvalue weighted by Crippen LogP contribution is -2.39. The number of hydrogen-bond acceptors (Lipinski definition) is 4. The molecular weight excluding hydrogens is 358 g/mol. The first-order valence-corrected chi connectivity index (χ1v) is 9.65. The Bertz CT molecular complexity index is 924. The van der Waals surface area contributed by atoms with E-state index in [1.807, 2.05) is 20.9 Å². The van der Waals surface area contributed by atoms with Crippen LogP contribution in [0.4, 0.5) is 0 Å². The smallest absolute Gasteiger partial charge is 0.263 e. The highest BCUT2D eigenvalue weighted by Gasteiger charge is 2.21. The fourth-order valence-electron chi connectivity index (χ4n) is 3.63. The normalized spacial score (nSPS) is 15.4. The van der Waals surface area contributed by atoms with E-state index in [-0.39, 0.29) is 36.0 Å². The van der Waals surface area contributed by atoms with Gasteiger partial charge in [0.2, 0.25) is 5.91 Å². The zero-order valence-electron chi connectivity index (χ0n) is 16.6. The van der Waals surface area contributed by atoms with E-state index in [9.17, 15) is 14.4 Å². The van der Waals surface area contributed by atoms with Crippen LogP contribution in [0.2, 0.25) is 0 Å². The molecule has 0 spiro atoms. The monoisotopic (exact) mass is 385 g/mol. The molecule has 1 aliphatic rings. The number of amides is 2. The van der Waals surface area contributed by atoms with E-state index in [2.05, 4.69) is 15.7 Å². The Morgan fingerprint density at radius 1 is 1.32 bits per heavy atom. The predicted octanol–water partition coefficient (Wildman–Crippen LogP) is 1.44. The standard InChI is InChI=1S/C20H27N5O3/c1-13(17-11-21-24(3)14(17)2)22-18(26)12-25-10-6-9-16(20(25)28)19(27)23-15-7-4-5-8-15/h6,9-11,13,15H,4-5,7-8,12H2,1-3H3,(H,22,26)(H,23,27)/t13-/m1/s1. The molecule has 28 heavy (non-hydrogen) atoms. The molecule has 1 saturated carbocycles. The molecule has 0 radical (unpaired) electrons. The highest BCUT2D eigenvalue weighted by molar-refractivity contribution is 5.94. The Labute approximate surface area is 163 Å². The Kier molecular flexibility index (Phi) is 5.96. The number of nitrogens with one attached hydrogen (secondary N) is 2. The molecule has 8 heteroatoms. The van der Waals surface area contributed by atoms with E-state index in [0.29, 0.717) is 0 Å². The SMILES string of the molecule is Cc1c([C@@H](C)NC(=O)Cn2cccc(C(=O)NC3CCCC3)c2=O)cnn1C. The first-order chi connectivity index (χ1) is 13.4. The number of carbonyl (C=O) groups is 2. The largest absolute Gasteiger partial charge is 0.349 e. The van der Waals surface area contributed by atoms with Crippen LogP contribution in [0.25, 0.3) is 0 Å². The average molecular weight is 385 g/mol. The molecule has 2 aromatic rings. The van der Waals surface area contributed by atoms with Gasteiger partial charge in [0.1, 0.15) is 12.1 Å². The van der Waals surface area contributed by atoms with Crippen LogP contribution in [0.3, 0.4) is 0 Å². The predicted molar refractivity (Wildman–Crippen MR) is 105 cm³/mol. The number of aromatic nitrogens is 3. The van der Waals surface area contributed by atoms with Gasteiger partial charge in [-0.15, -0.1) is 0 Å². The van der Waals surface area contributed by atoms with Crippen LogP contribution in [-0.4, -0.2) is 32.2 Å². The van der Waals surface area contributed by atoms with Crippen LogP contribution >= 0.6 is 0 Å². The molecule has 8 nitrogen and oxygen atoms in total. The number of rotatable bonds is 6. The van der Waals surface area contributed by atoms with Gasteiger partial charge in [0.25, 0.3) is 11.5 Å². The fourth-order valence-corrected chi connectivity index (χ4v) is 3.63. The third-order valence-electron chi connectivity index (χ3n) is 5.39. The second kappa shape index (κ2) is 8.41. The molecule has 0 bridgehead atoms. The van der Waals surface area contributed by atoms with E-state index in [4.69, 9.17) is 0 Å². The lowest BCUT2D eigenvalue weighted by molar-refractivity contribution is -0.122. The zero-order valence-corrected chi connectivity index (χ0v) is 16.6. The molecular formula is C20H27N5O3. The van der Waals surface area contributed by atoms with E-state index in [1.165, 1.54) is 16.8 Å². The molecule has 2 heterocycles. The lowest BCUT2D eigenvalue weighted by Gasteiger charge is -2.15. The first kappa shape index (κ1) is 19.9. The maximum Gasteiger partial charge on any atom is 0.263 e. The van der Waals surface area contributed by atoms with E-state index < -0.39 is 5.56 Å². The van der Waals surface area contributed by atoms with Crippen LogP contribution in [-0.2, 0) is 18.4 Å². The lowest BCUT2D eigenvalue weighted by atomic mass is 10.1. The molecule has 1 aliphatic carbocycles. The minimum Gasteiger partial charge on any atom is -0.349 e. The van der Waals surface area contributed by atoms with Crippen LogP contribution in [0.15, 0.2) is 29.3 Å². The molecule has 0 aliphatic heterocycles. The summed E-state index contributed by atoms with van der Waals surface area (Å²) in [6.45, 7) is 3.66. The van der Waals surface area contributed by atoms with Crippen molar-refractivity contribution in [2.45, 2.75) is 58.2 Å². The molecule has 1 atom stereocenters. The molecule has 3 rings (SSSR count). The Morgan fingerprint density at radius 2 is 2.04 bits per heavy atom. The highest BCUT2D eigenvalue weighted by atomic mass is 16.2. The molecule has 0 unspecified atom stereocenters. The summed E-state index contributed by atoms with van der Waals surface area (Å²) in [5, 5.41) is 9.98. The maximum atomic E-state index is 12.6. The van der Waals surface area contributed by atoms with Gasteiger partial charge >= 0.3 is 0 Å². The summed E-state index contributed by atoms with van der Waals surface area (Å²) in [6, 6.07) is 3.02. The topological polar surface area (TPSA) is 98.0 Å². The van der Waals surface area contributed by atoms with Crippen molar-refractivity contribution in [3.8, 4) is 0 Å². The molecule has 0 saturated heterocycles. The van der Waals surface area contributed by atoms with Crippen LogP contribution < -0.4 is 16.2 Å². The van der Waals surface area contributed by atoms with Crippen molar-refractivity contribution < 1.29 is 9.59 Å². The summed E-state index contributed by atoms with van der Waals surface area (Å²) in [6.07, 6.45) is 7.33. The Balaban J connectivity index is 1.66. The van der Waals surface area contributed by atoms with Gasteiger partial charge in [-0.1, -0.05) is 12.8 Å². The van der Waals surface area contributed by atoms with E-state index in [1.54, 1.807) is 16.9 Å². The summed E-state index contributed by atoms with van der Waals surface area (Å²) >= 11 is 0. The molecule has 1 fully saturated rings. The van der Waals surface area contributed by atoms with Crippen LogP contribution in [0.1, 0.15) is 60.3 Å². The zero-order chi connectivity index (χ0) is 20.3. The number of carbonyl (C=O) groups excluding carboxylic acids is 2. The highest BCUT2D eigenvalue weighted by Crippen LogP contribution is 2.18. The minimum absolute atomic E-state index is 0.0679. The molecule has 150 valence electrons. The van der Waals surface area contributed by atoms with Crippen LogP contribution in [0, 0.1) is 6.92 Å². The second-order valence-electron chi connectivity index (χ2n) is 7.41. The number of pyridine rings is 1. The summed E-state index contributed by atoms with van der Waals surface area (Å²) < 4.78 is 3.01. The van der Waals surface area contributed by atoms with Crippen LogP contribution in [0.5, 0.6) is 0 Å². The van der Waals surface area contributed by atoms with Crippen molar-refractivity contribution in [2.24, 2.45) is 7.05 Å². The van der Waals surface area contributed by atoms with Gasteiger partial charge in [-0.3, -0.25) is 19.1 Å². The van der Waals surface area contributed by atoms with Gasteiger partial charge < -0.3 is 15.2 Å². The number of nitrogens with zero attached hydrogens (tertiary/aromatic N) is 3. The van der Waals surface area contributed by atoms with Gasteiger partial charge in [0.05, 0.1) is 12.2 Å². The summed E-state index contributed by atoms with van der Waals surface area (Å²) in [5.74, 6) is -0.669. The van der Waals surface area contributed by atoms with Gasteiger partial charge in [-0.25, -0.2) is 0 Å². The van der Waals surface area contributed by atoms with Gasteiger partial charge in [-0.2, -0.15) is 5.10 Å². The average Bonchev–Trinajstić information content (AvgIpc) is 3.27. The fraction of sp³-hybridized carbons (Fsp3) is 0.500. The van der Waals surface area contributed by atoms with Crippen molar-refractivity contribution in [3.05, 3.63) is 51.7 Å². The van der Waals surface area contributed by atoms with Crippen molar-refractivity contribution in [3.63, 3.8) is 0 Å². The van der Waals surface area contributed by atoms with E-state index in [0.717, 1.165) is 36.9 Å². The van der Waals surface area contributed by atoms with Crippen molar-refractivity contribution in [1.29, 1.82) is 0 Å². The first-order valence-electron chi connectivity index (χ1n) is 9.65. The Hall–Kier alpha value is -2.90. The Morgan fingerprint density at radius 3 is 2.68 bits per heavy atom. The van der Waals surface area contributed by atoms with E-state index >= 15 is 0 Å². The van der Waals surface area contributed by atoms with Crippen molar-refractivity contribution in [1.82, 2.24) is 25.0 Å². The molecule has 2 aromatic heterocycles. The third-order valence-corrected chi connectivity index (χ3v) is 5.39. The minimum atomic E-state index is -0.460. The summed E-state index contributed by atoms with van der Waals surface area (Å²) in [5.41, 5.74) is 1.50. The van der Waals surface area contributed by atoms with Gasteiger partial charge in [0, 0.05) is 30.5 Å². The van der Waals surface area contributed by atoms with Crippen molar-refractivity contribution >= 4 is 11.8 Å². The quantitative estimate of drug-likeness (QED) is 0.786. The number of hydrogen-bond donors (Lipinski definition) is 2. The van der Waals surface area contributed by atoms with Crippen molar-refractivity contribution in [2.75, 3.05) is 0 Å².